The topological polar surface area (TPSA) is 53.6 Å². The van der Waals surface area contributed by atoms with Crippen LogP contribution >= 0.6 is 11.6 Å². The molecule has 0 saturated carbocycles. The zero-order valence-electron chi connectivity index (χ0n) is 11.8. The normalized spacial score (nSPS) is 10.6. The Bertz CT molecular complexity index is 779. The van der Waals surface area contributed by atoms with Crippen LogP contribution in [-0.4, -0.2) is 22.0 Å². The summed E-state index contributed by atoms with van der Waals surface area (Å²) >= 11 is 6.09. The van der Waals surface area contributed by atoms with Gasteiger partial charge in [-0.05, 0) is 42.8 Å². The second-order valence-electron chi connectivity index (χ2n) is 4.76. The molecule has 0 unspecified atom stereocenters. The van der Waals surface area contributed by atoms with Gasteiger partial charge in [-0.2, -0.15) is 0 Å². The molecule has 0 aliphatic rings. The van der Waals surface area contributed by atoms with Crippen molar-refractivity contribution >= 4 is 17.5 Å². The highest BCUT2D eigenvalue weighted by atomic mass is 35.5. The predicted molar refractivity (Wildman–Crippen MR) is 86.5 cm³/mol. The van der Waals surface area contributed by atoms with Gasteiger partial charge in [0, 0.05) is 29.5 Å². The van der Waals surface area contributed by atoms with Crippen LogP contribution in [0.2, 0.25) is 5.02 Å². The third-order valence-electron chi connectivity index (χ3n) is 3.33. The standard InChI is InChI=1S/C16H15ClN4/c1-10-3-4-11(17)9-12(10)13-5-6-14(20-13)15-7-8-19-16(18-2)21-15/h3-9,20H,1-2H3,(H,18,19,21). The number of nitrogens with one attached hydrogen (secondary N) is 2. The van der Waals surface area contributed by atoms with E-state index in [0.717, 1.165) is 27.7 Å². The van der Waals surface area contributed by atoms with Crippen LogP contribution in [0.1, 0.15) is 5.56 Å². The molecule has 0 spiro atoms. The fourth-order valence-electron chi connectivity index (χ4n) is 2.22. The number of benzene rings is 1. The maximum Gasteiger partial charge on any atom is 0.222 e. The number of halogens is 1. The van der Waals surface area contributed by atoms with Gasteiger partial charge in [-0.25, -0.2) is 9.97 Å². The third kappa shape index (κ3) is 2.76. The lowest BCUT2D eigenvalue weighted by Crippen LogP contribution is -1.96. The van der Waals surface area contributed by atoms with E-state index in [-0.39, 0.29) is 0 Å². The van der Waals surface area contributed by atoms with E-state index in [4.69, 9.17) is 11.6 Å². The second-order valence-corrected chi connectivity index (χ2v) is 5.20. The first kappa shape index (κ1) is 13.6. The summed E-state index contributed by atoms with van der Waals surface area (Å²) in [6.45, 7) is 2.07. The zero-order chi connectivity index (χ0) is 14.8. The third-order valence-corrected chi connectivity index (χ3v) is 3.57. The van der Waals surface area contributed by atoms with Crippen molar-refractivity contribution in [2.24, 2.45) is 0 Å². The molecule has 3 aromatic rings. The summed E-state index contributed by atoms with van der Waals surface area (Å²) in [6, 6.07) is 11.8. The lowest BCUT2D eigenvalue weighted by Gasteiger charge is -2.05. The molecule has 0 fully saturated rings. The molecule has 5 heteroatoms. The highest BCUT2D eigenvalue weighted by molar-refractivity contribution is 6.30. The minimum absolute atomic E-state index is 0.600. The van der Waals surface area contributed by atoms with Gasteiger partial charge in [-0.15, -0.1) is 0 Å². The average molecular weight is 299 g/mol. The van der Waals surface area contributed by atoms with Crippen molar-refractivity contribution in [2.75, 3.05) is 12.4 Å². The van der Waals surface area contributed by atoms with Crippen molar-refractivity contribution in [3.63, 3.8) is 0 Å². The van der Waals surface area contributed by atoms with Gasteiger partial charge >= 0.3 is 0 Å². The van der Waals surface area contributed by atoms with Gasteiger partial charge < -0.3 is 10.3 Å². The van der Waals surface area contributed by atoms with E-state index in [1.54, 1.807) is 13.2 Å². The van der Waals surface area contributed by atoms with E-state index in [1.165, 1.54) is 5.56 Å². The Kier molecular flexibility index (Phi) is 3.62. The predicted octanol–water partition coefficient (Wildman–Crippen LogP) is 4.14. The minimum atomic E-state index is 0.600. The molecule has 0 aliphatic carbocycles. The molecule has 0 bridgehead atoms. The molecule has 2 aromatic heterocycles. The summed E-state index contributed by atoms with van der Waals surface area (Å²) in [5.41, 5.74) is 5.08. The van der Waals surface area contributed by atoms with Gasteiger partial charge in [0.15, 0.2) is 0 Å². The SMILES string of the molecule is CNc1nccc(-c2ccc(-c3cc(Cl)ccc3C)[nH]2)n1. The molecule has 2 N–H and O–H groups in total. The highest BCUT2D eigenvalue weighted by Gasteiger charge is 2.08. The maximum atomic E-state index is 6.09. The quantitative estimate of drug-likeness (QED) is 0.764. The number of rotatable bonds is 3. The molecule has 3 rings (SSSR count). The van der Waals surface area contributed by atoms with Crippen LogP contribution in [0.5, 0.6) is 0 Å². The number of hydrogen-bond acceptors (Lipinski definition) is 3. The number of aromatic amines is 1. The highest BCUT2D eigenvalue weighted by Crippen LogP contribution is 2.28. The number of aromatic nitrogens is 3. The fourth-order valence-corrected chi connectivity index (χ4v) is 2.39. The Morgan fingerprint density at radius 1 is 1.10 bits per heavy atom. The number of H-pyrrole nitrogens is 1. The van der Waals surface area contributed by atoms with E-state index < -0.39 is 0 Å². The Morgan fingerprint density at radius 3 is 2.71 bits per heavy atom. The number of nitrogens with zero attached hydrogens (tertiary/aromatic N) is 2. The summed E-state index contributed by atoms with van der Waals surface area (Å²) in [6.07, 6.45) is 1.74. The molecule has 106 valence electrons. The molecular weight excluding hydrogens is 284 g/mol. The maximum absolute atomic E-state index is 6.09. The molecule has 2 heterocycles. The number of anilines is 1. The van der Waals surface area contributed by atoms with Crippen molar-refractivity contribution in [1.82, 2.24) is 15.0 Å². The summed E-state index contributed by atoms with van der Waals surface area (Å²) in [7, 11) is 1.80. The fraction of sp³-hybridized carbons (Fsp3) is 0.125. The van der Waals surface area contributed by atoms with Gasteiger partial charge in [-0.3, -0.25) is 0 Å². The molecule has 21 heavy (non-hydrogen) atoms. The van der Waals surface area contributed by atoms with Crippen molar-refractivity contribution < 1.29 is 0 Å². The van der Waals surface area contributed by atoms with E-state index in [9.17, 15) is 0 Å². The van der Waals surface area contributed by atoms with Crippen molar-refractivity contribution in [1.29, 1.82) is 0 Å². The van der Waals surface area contributed by atoms with E-state index >= 15 is 0 Å². The molecule has 0 aliphatic heterocycles. The monoisotopic (exact) mass is 298 g/mol. The smallest absolute Gasteiger partial charge is 0.222 e. The average Bonchev–Trinajstić information content (AvgIpc) is 2.99. The van der Waals surface area contributed by atoms with Crippen molar-refractivity contribution in [3.05, 3.63) is 53.2 Å². The van der Waals surface area contributed by atoms with Crippen LogP contribution in [0.15, 0.2) is 42.6 Å². The number of hydrogen-bond donors (Lipinski definition) is 2. The Morgan fingerprint density at radius 2 is 1.90 bits per heavy atom. The Hall–Kier alpha value is -2.33. The van der Waals surface area contributed by atoms with E-state index in [2.05, 4.69) is 27.2 Å². The van der Waals surface area contributed by atoms with Gasteiger partial charge in [0.05, 0.1) is 11.4 Å². The van der Waals surface area contributed by atoms with E-state index in [1.807, 2.05) is 36.4 Å². The first-order valence-corrected chi connectivity index (χ1v) is 7.02. The lowest BCUT2D eigenvalue weighted by molar-refractivity contribution is 1.15. The Balaban J connectivity index is 2.01. The van der Waals surface area contributed by atoms with Crippen molar-refractivity contribution in [3.8, 4) is 22.6 Å². The van der Waals surface area contributed by atoms with Crippen LogP contribution in [0.4, 0.5) is 5.95 Å². The van der Waals surface area contributed by atoms with Gasteiger partial charge in [0.1, 0.15) is 0 Å². The van der Waals surface area contributed by atoms with Crippen LogP contribution in [0, 0.1) is 6.92 Å². The van der Waals surface area contributed by atoms with E-state index in [0.29, 0.717) is 5.95 Å². The molecule has 0 atom stereocenters. The van der Waals surface area contributed by atoms with Gasteiger partial charge in [0.2, 0.25) is 5.95 Å². The summed E-state index contributed by atoms with van der Waals surface area (Å²) in [5.74, 6) is 0.600. The largest absolute Gasteiger partial charge is 0.357 e. The van der Waals surface area contributed by atoms with Crippen LogP contribution in [0.25, 0.3) is 22.6 Å². The minimum Gasteiger partial charge on any atom is -0.357 e. The lowest BCUT2D eigenvalue weighted by atomic mass is 10.1. The number of aryl methyl sites for hydroxylation is 1. The van der Waals surface area contributed by atoms with Crippen LogP contribution < -0.4 is 5.32 Å². The van der Waals surface area contributed by atoms with Gasteiger partial charge in [0.25, 0.3) is 0 Å². The molecular formula is C16H15ClN4. The summed E-state index contributed by atoms with van der Waals surface area (Å²) in [5, 5.41) is 3.67. The molecule has 0 radical (unpaired) electrons. The summed E-state index contributed by atoms with van der Waals surface area (Å²) in [4.78, 5) is 11.9. The van der Waals surface area contributed by atoms with Crippen LogP contribution in [-0.2, 0) is 0 Å². The zero-order valence-corrected chi connectivity index (χ0v) is 12.6. The first-order chi connectivity index (χ1) is 10.2. The van der Waals surface area contributed by atoms with Crippen LogP contribution in [0.3, 0.4) is 0 Å². The molecule has 0 amide bonds. The van der Waals surface area contributed by atoms with Crippen molar-refractivity contribution in [2.45, 2.75) is 6.92 Å². The Labute approximate surface area is 128 Å². The first-order valence-electron chi connectivity index (χ1n) is 6.64. The molecule has 0 saturated heterocycles. The molecule has 1 aromatic carbocycles. The van der Waals surface area contributed by atoms with Gasteiger partial charge in [-0.1, -0.05) is 17.7 Å². The second kappa shape index (κ2) is 5.58. The molecule has 4 nitrogen and oxygen atoms in total. The summed E-state index contributed by atoms with van der Waals surface area (Å²) < 4.78 is 0.